The third-order valence-electron chi connectivity index (χ3n) is 8.33. The molecule has 1 heterocycles. The number of hydrogen-bond donors (Lipinski definition) is 0. The molecule has 212 valence electrons. The fourth-order valence-corrected chi connectivity index (χ4v) is 5.74. The molecule has 0 fully saturated rings. The number of unbranched alkanes of at least 4 members (excludes halogenated alkanes) is 21. The molecule has 1 rings (SSSR count). The van der Waals surface area contributed by atoms with Crippen LogP contribution in [0.2, 0.25) is 0 Å². The van der Waals surface area contributed by atoms with Gasteiger partial charge in [-0.3, -0.25) is 0 Å². The van der Waals surface area contributed by atoms with Crippen molar-refractivity contribution < 1.29 is 0 Å². The molecule has 0 saturated heterocycles. The molecule has 0 radical (unpaired) electrons. The monoisotopic (exact) mass is 503 g/mol. The molecule has 0 bridgehead atoms. The Bertz CT molecular complexity index is 563. The standard InChI is InChI=1S/C34H66N2/c1-5-7-9-11-13-15-17-18-19-20-22-24-26-28-32(3)34-35-30-31-36(34)33(4)29-27-25-23-21-16-14-12-10-8-6-2/h30-33H,5-29H2,1-4H3. The molecule has 0 aromatic carbocycles. The van der Waals surface area contributed by atoms with Crippen LogP contribution < -0.4 is 0 Å². The van der Waals surface area contributed by atoms with Gasteiger partial charge in [0.2, 0.25) is 0 Å². The van der Waals surface area contributed by atoms with E-state index in [4.69, 9.17) is 4.98 Å². The summed E-state index contributed by atoms with van der Waals surface area (Å²) < 4.78 is 2.49. The highest BCUT2D eigenvalue weighted by molar-refractivity contribution is 5.00. The summed E-state index contributed by atoms with van der Waals surface area (Å²) in [6, 6.07) is 0.589. The number of rotatable bonds is 27. The van der Waals surface area contributed by atoms with Crippen LogP contribution in [-0.4, -0.2) is 9.55 Å². The van der Waals surface area contributed by atoms with E-state index < -0.39 is 0 Å². The molecule has 2 atom stereocenters. The summed E-state index contributed by atoms with van der Waals surface area (Å²) in [4.78, 5) is 4.78. The highest BCUT2D eigenvalue weighted by Crippen LogP contribution is 2.26. The number of aromatic nitrogens is 2. The van der Waals surface area contributed by atoms with Crippen LogP contribution in [0.4, 0.5) is 0 Å². The van der Waals surface area contributed by atoms with E-state index in [1.165, 1.54) is 166 Å². The maximum absolute atomic E-state index is 4.78. The first-order chi connectivity index (χ1) is 17.7. The number of nitrogens with zero attached hydrogens (tertiary/aromatic N) is 2. The van der Waals surface area contributed by atoms with Crippen molar-refractivity contribution in [1.29, 1.82) is 0 Å². The van der Waals surface area contributed by atoms with Gasteiger partial charge >= 0.3 is 0 Å². The lowest BCUT2D eigenvalue weighted by Gasteiger charge is -2.20. The Morgan fingerprint density at radius 1 is 0.528 bits per heavy atom. The molecule has 1 aromatic rings. The Labute approximate surface area is 227 Å². The van der Waals surface area contributed by atoms with Crippen molar-refractivity contribution in [3.63, 3.8) is 0 Å². The third-order valence-corrected chi connectivity index (χ3v) is 8.33. The second kappa shape index (κ2) is 24.5. The van der Waals surface area contributed by atoms with E-state index in [0.29, 0.717) is 12.0 Å². The van der Waals surface area contributed by atoms with Crippen LogP contribution in [0, 0.1) is 0 Å². The summed E-state index contributed by atoms with van der Waals surface area (Å²) in [5.41, 5.74) is 0. The van der Waals surface area contributed by atoms with E-state index in [9.17, 15) is 0 Å². The summed E-state index contributed by atoms with van der Waals surface area (Å²) in [5, 5.41) is 0. The smallest absolute Gasteiger partial charge is 0.111 e. The van der Waals surface area contributed by atoms with Crippen molar-refractivity contribution in [3.05, 3.63) is 18.2 Å². The summed E-state index contributed by atoms with van der Waals surface area (Å²) in [5.74, 6) is 1.91. The number of imidazole rings is 1. The Kier molecular flexibility index (Phi) is 22.7. The lowest BCUT2D eigenvalue weighted by Crippen LogP contribution is -2.11. The van der Waals surface area contributed by atoms with Gasteiger partial charge in [-0.2, -0.15) is 0 Å². The minimum Gasteiger partial charge on any atom is -0.332 e. The molecular weight excluding hydrogens is 436 g/mol. The fourth-order valence-electron chi connectivity index (χ4n) is 5.74. The minimum absolute atomic E-state index is 0.586. The average molecular weight is 503 g/mol. The molecule has 0 spiro atoms. The molecular formula is C34H66N2. The molecule has 2 unspecified atom stereocenters. The van der Waals surface area contributed by atoms with Crippen molar-refractivity contribution >= 4 is 0 Å². The van der Waals surface area contributed by atoms with Gasteiger partial charge in [0.05, 0.1) is 0 Å². The zero-order valence-corrected chi connectivity index (χ0v) is 25.4. The second-order valence-corrected chi connectivity index (χ2v) is 11.9. The van der Waals surface area contributed by atoms with E-state index in [1.54, 1.807) is 0 Å². The largest absolute Gasteiger partial charge is 0.332 e. The zero-order chi connectivity index (χ0) is 26.1. The van der Waals surface area contributed by atoms with Crippen molar-refractivity contribution in [2.75, 3.05) is 0 Å². The van der Waals surface area contributed by atoms with E-state index in [0.717, 1.165) is 0 Å². The molecule has 0 aliphatic heterocycles. The van der Waals surface area contributed by atoms with Gasteiger partial charge in [-0.05, 0) is 19.8 Å². The van der Waals surface area contributed by atoms with Gasteiger partial charge in [0.25, 0.3) is 0 Å². The van der Waals surface area contributed by atoms with Crippen LogP contribution in [0.3, 0.4) is 0 Å². The predicted molar refractivity (Wildman–Crippen MR) is 162 cm³/mol. The van der Waals surface area contributed by atoms with Crippen LogP contribution >= 0.6 is 0 Å². The lowest BCUT2D eigenvalue weighted by molar-refractivity contribution is 0.435. The van der Waals surface area contributed by atoms with E-state index in [2.05, 4.69) is 38.5 Å². The molecule has 2 nitrogen and oxygen atoms in total. The SMILES string of the molecule is CCCCCCCCCCCCCCCC(C)c1nccn1C(C)CCCCCCCCCCCC. The summed E-state index contributed by atoms with van der Waals surface area (Å²) in [6.07, 6.45) is 39.7. The number of hydrogen-bond acceptors (Lipinski definition) is 1. The predicted octanol–water partition coefficient (Wildman–Crippen LogP) is 12.3. The summed E-state index contributed by atoms with van der Waals surface area (Å²) in [7, 11) is 0. The molecule has 0 saturated carbocycles. The molecule has 0 N–H and O–H groups in total. The van der Waals surface area contributed by atoms with E-state index in [1.807, 2.05) is 6.20 Å². The first-order valence-corrected chi connectivity index (χ1v) is 16.7. The van der Waals surface area contributed by atoms with Crippen LogP contribution in [-0.2, 0) is 0 Å². The Morgan fingerprint density at radius 2 is 0.889 bits per heavy atom. The zero-order valence-electron chi connectivity index (χ0n) is 25.4. The molecule has 0 amide bonds. The van der Waals surface area contributed by atoms with Crippen molar-refractivity contribution in [2.24, 2.45) is 0 Å². The Morgan fingerprint density at radius 3 is 1.31 bits per heavy atom. The highest BCUT2D eigenvalue weighted by Gasteiger charge is 2.15. The van der Waals surface area contributed by atoms with Crippen molar-refractivity contribution in [3.8, 4) is 0 Å². The van der Waals surface area contributed by atoms with Gasteiger partial charge < -0.3 is 4.57 Å². The maximum atomic E-state index is 4.78. The van der Waals surface area contributed by atoms with Crippen molar-refractivity contribution in [2.45, 2.75) is 200 Å². The topological polar surface area (TPSA) is 17.8 Å². The molecule has 36 heavy (non-hydrogen) atoms. The Balaban J connectivity index is 2.04. The van der Waals surface area contributed by atoms with Gasteiger partial charge in [-0.15, -0.1) is 0 Å². The maximum Gasteiger partial charge on any atom is 0.111 e. The highest BCUT2D eigenvalue weighted by atomic mass is 15.1. The second-order valence-electron chi connectivity index (χ2n) is 11.9. The molecule has 2 heteroatoms. The molecule has 0 aliphatic rings. The minimum atomic E-state index is 0.586. The van der Waals surface area contributed by atoms with Crippen LogP contribution in [0.1, 0.15) is 206 Å². The van der Waals surface area contributed by atoms with E-state index in [-0.39, 0.29) is 0 Å². The first kappa shape index (κ1) is 33.2. The Hall–Kier alpha value is -0.790. The van der Waals surface area contributed by atoms with Gasteiger partial charge in [0.1, 0.15) is 5.82 Å². The van der Waals surface area contributed by atoms with Crippen LogP contribution in [0.25, 0.3) is 0 Å². The van der Waals surface area contributed by atoms with Crippen LogP contribution in [0.15, 0.2) is 12.4 Å². The first-order valence-electron chi connectivity index (χ1n) is 16.7. The summed E-state index contributed by atoms with van der Waals surface area (Å²) in [6.45, 7) is 9.40. The molecule has 1 aromatic heterocycles. The lowest BCUT2D eigenvalue weighted by atomic mass is 9.99. The van der Waals surface area contributed by atoms with E-state index >= 15 is 0 Å². The van der Waals surface area contributed by atoms with Gasteiger partial charge in [-0.1, -0.05) is 168 Å². The van der Waals surface area contributed by atoms with Gasteiger partial charge in [0.15, 0.2) is 0 Å². The normalized spacial score (nSPS) is 13.3. The van der Waals surface area contributed by atoms with Gasteiger partial charge in [-0.25, -0.2) is 4.98 Å². The average Bonchev–Trinajstić information content (AvgIpc) is 3.38. The summed E-state index contributed by atoms with van der Waals surface area (Å²) >= 11 is 0. The quantitative estimate of drug-likeness (QED) is 0.109. The van der Waals surface area contributed by atoms with Crippen molar-refractivity contribution in [1.82, 2.24) is 9.55 Å². The van der Waals surface area contributed by atoms with Gasteiger partial charge in [0, 0.05) is 24.4 Å². The van der Waals surface area contributed by atoms with Crippen LogP contribution in [0.5, 0.6) is 0 Å². The molecule has 0 aliphatic carbocycles. The fraction of sp³-hybridized carbons (Fsp3) is 0.912. The third kappa shape index (κ3) is 17.6.